The van der Waals surface area contributed by atoms with E-state index >= 15 is 0 Å². The zero-order valence-corrected chi connectivity index (χ0v) is 14.6. The lowest BCUT2D eigenvalue weighted by Crippen LogP contribution is -2.52. The first-order valence-corrected chi connectivity index (χ1v) is 9.74. The number of rotatable bonds is 3. The summed E-state index contributed by atoms with van der Waals surface area (Å²) >= 11 is 0. The zero-order chi connectivity index (χ0) is 18.3. The summed E-state index contributed by atoms with van der Waals surface area (Å²) in [5, 5.41) is 8.83. The highest BCUT2D eigenvalue weighted by Crippen LogP contribution is 2.39. The van der Waals surface area contributed by atoms with Gasteiger partial charge in [0, 0.05) is 36.6 Å². The number of hydrogen-bond donors (Lipinski definition) is 2. The van der Waals surface area contributed by atoms with Crippen LogP contribution >= 0.6 is 0 Å². The van der Waals surface area contributed by atoms with E-state index in [-0.39, 0.29) is 29.1 Å². The first kappa shape index (κ1) is 17.0. The van der Waals surface area contributed by atoms with Crippen molar-refractivity contribution in [1.29, 1.82) is 0 Å². The van der Waals surface area contributed by atoms with Crippen LogP contribution in [0.3, 0.4) is 0 Å². The standard InChI is InChI=1S/C18H18N2O5S/c21-18(19-22)12-6-7-17-13(8-12)11-20(14-9-15(10-14)25-17)26(23,24)16-4-2-1-3-5-16/h1-8,14-15,22H,9-11H2,(H,19,21). The van der Waals surface area contributed by atoms with E-state index in [1.807, 2.05) is 0 Å². The second-order valence-electron chi connectivity index (χ2n) is 6.49. The smallest absolute Gasteiger partial charge is 0.274 e. The maximum absolute atomic E-state index is 13.1. The molecule has 5 rings (SSSR count). The molecule has 2 bridgehead atoms. The molecule has 8 heteroatoms. The highest BCUT2D eigenvalue weighted by atomic mass is 32.2. The maximum atomic E-state index is 13.1. The first-order valence-electron chi connectivity index (χ1n) is 8.30. The number of carbonyl (C=O) groups is 1. The average molecular weight is 374 g/mol. The van der Waals surface area contributed by atoms with Gasteiger partial charge in [-0.15, -0.1) is 0 Å². The fraction of sp³-hybridized carbons (Fsp3) is 0.278. The van der Waals surface area contributed by atoms with Crippen LogP contribution in [0.15, 0.2) is 53.4 Å². The van der Waals surface area contributed by atoms with E-state index in [4.69, 9.17) is 9.94 Å². The average Bonchev–Trinajstić information content (AvgIpc) is 2.60. The van der Waals surface area contributed by atoms with Gasteiger partial charge in [0.15, 0.2) is 0 Å². The number of amides is 1. The van der Waals surface area contributed by atoms with Crippen LogP contribution in [0.4, 0.5) is 0 Å². The molecule has 1 amide bonds. The molecular weight excluding hydrogens is 356 g/mol. The minimum absolute atomic E-state index is 0.0370. The van der Waals surface area contributed by atoms with Crippen molar-refractivity contribution >= 4 is 15.9 Å². The largest absolute Gasteiger partial charge is 0.490 e. The van der Waals surface area contributed by atoms with Crippen molar-refractivity contribution < 1.29 is 23.2 Å². The Hall–Kier alpha value is -2.42. The number of sulfonamides is 1. The number of nitrogens with zero attached hydrogens (tertiary/aromatic N) is 1. The molecule has 2 aliphatic heterocycles. The van der Waals surface area contributed by atoms with Crippen molar-refractivity contribution in [2.75, 3.05) is 0 Å². The molecule has 0 spiro atoms. The van der Waals surface area contributed by atoms with Crippen molar-refractivity contribution in [2.45, 2.75) is 36.4 Å². The molecule has 0 aromatic heterocycles. The lowest BCUT2D eigenvalue weighted by Gasteiger charge is -2.44. The number of ether oxygens (including phenoxy) is 1. The fourth-order valence-corrected chi connectivity index (χ4v) is 5.02. The van der Waals surface area contributed by atoms with Crippen LogP contribution in [0.25, 0.3) is 0 Å². The normalized spacial score (nSPS) is 22.2. The van der Waals surface area contributed by atoms with E-state index in [2.05, 4.69) is 0 Å². The van der Waals surface area contributed by atoms with Crippen LogP contribution in [0.1, 0.15) is 28.8 Å². The second-order valence-corrected chi connectivity index (χ2v) is 8.38. The Balaban J connectivity index is 1.75. The van der Waals surface area contributed by atoms with Gasteiger partial charge in [0.25, 0.3) is 5.91 Å². The Morgan fingerprint density at radius 1 is 1.15 bits per heavy atom. The van der Waals surface area contributed by atoms with Crippen molar-refractivity contribution in [3.8, 4) is 5.75 Å². The van der Waals surface area contributed by atoms with Crippen LogP contribution in [0, 0.1) is 0 Å². The van der Waals surface area contributed by atoms with Crippen molar-refractivity contribution in [3.05, 3.63) is 59.7 Å². The van der Waals surface area contributed by atoms with E-state index in [0.29, 0.717) is 24.2 Å². The van der Waals surface area contributed by atoms with Gasteiger partial charge in [-0.2, -0.15) is 4.31 Å². The number of fused-ring (bicyclic) bond motifs is 1. The SMILES string of the molecule is O=C(NO)c1ccc2c(c1)CN(S(=O)(=O)c1ccccc1)C1CC(C1)O2. The third-order valence-corrected chi connectivity index (χ3v) is 6.78. The summed E-state index contributed by atoms with van der Waals surface area (Å²) < 4.78 is 33.7. The highest BCUT2D eigenvalue weighted by Gasteiger charge is 2.43. The monoisotopic (exact) mass is 374 g/mol. The summed E-state index contributed by atoms with van der Waals surface area (Å²) in [5.74, 6) is -0.0895. The minimum Gasteiger partial charge on any atom is -0.490 e. The predicted molar refractivity (Wildman–Crippen MR) is 92.3 cm³/mol. The molecule has 2 aromatic rings. The van der Waals surface area contributed by atoms with Gasteiger partial charge in [0.2, 0.25) is 10.0 Å². The number of hydroxylamine groups is 1. The molecular formula is C18H18N2O5S. The number of benzene rings is 2. The molecule has 0 atom stereocenters. The molecule has 0 saturated heterocycles. The molecule has 7 nitrogen and oxygen atoms in total. The number of carbonyl (C=O) groups excluding carboxylic acids is 1. The van der Waals surface area contributed by atoms with Gasteiger partial charge in [0.1, 0.15) is 11.9 Å². The maximum Gasteiger partial charge on any atom is 0.274 e. The van der Waals surface area contributed by atoms with Crippen molar-refractivity contribution in [3.63, 3.8) is 0 Å². The molecule has 26 heavy (non-hydrogen) atoms. The molecule has 0 radical (unpaired) electrons. The van der Waals surface area contributed by atoms with Gasteiger partial charge in [-0.25, -0.2) is 13.9 Å². The molecule has 1 fully saturated rings. The highest BCUT2D eigenvalue weighted by molar-refractivity contribution is 7.89. The molecule has 1 saturated carbocycles. The second kappa shape index (κ2) is 6.39. The van der Waals surface area contributed by atoms with Crippen LogP contribution in [-0.4, -0.2) is 36.0 Å². The fourth-order valence-electron chi connectivity index (χ4n) is 3.38. The quantitative estimate of drug-likeness (QED) is 0.632. The summed E-state index contributed by atoms with van der Waals surface area (Å²) in [6, 6.07) is 12.9. The first-order chi connectivity index (χ1) is 12.5. The van der Waals surface area contributed by atoms with Gasteiger partial charge in [-0.1, -0.05) is 18.2 Å². The van der Waals surface area contributed by atoms with Crippen LogP contribution in [-0.2, 0) is 16.6 Å². The Bertz CT molecular complexity index is 939. The third-order valence-electron chi connectivity index (χ3n) is 4.87. The molecule has 1 aliphatic carbocycles. The lowest BCUT2D eigenvalue weighted by atomic mass is 9.88. The van der Waals surface area contributed by atoms with E-state index in [1.165, 1.54) is 10.4 Å². The zero-order valence-electron chi connectivity index (χ0n) is 13.8. The molecule has 136 valence electrons. The molecule has 2 aromatic carbocycles. The van der Waals surface area contributed by atoms with E-state index in [1.54, 1.807) is 47.9 Å². The Morgan fingerprint density at radius 3 is 2.58 bits per heavy atom. The molecule has 3 aliphatic rings. The summed E-state index contributed by atoms with van der Waals surface area (Å²) in [6.45, 7) is 0.108. The molecule has 0 unspecified atom stereocenters. The van der Waals surface area contributed by atoms with Crippen LogP contribution in [0.2, 0.25) is 0 Å². The third kappa shape index (κ3) is 2.86. The summed E-state index contributed by atoms with van der Waals surface area (Å²) in [4.78, 5) is 11.9. The number of hydrogen-bond acceptors (Lipinski definition) is 5. The summed E-state index contributed by atoms with van der Waals surface area (Å²) in [5.41, 5.74) is 2.42. The van der Waals surface area contributed by atoms with Crippen LogP contribution in [0.5, 0.6) is 5.75 Å². The summed E-state index contributed by atoms with van der Waals surface area (Å²) in [6.07, 6.45) is 1.25. The van der Waals surface area contributed by atoms with Gasteiger partial charge in [-0.3, -0.25) is 10.0 Å². The van der Waals surface area contributed by atoms with Crippen molar-refractivity contribution in [2.24, 2.45) is 0 Å². The lowest BCUT2D eigenvalue weighted by molar-refractivity contribution is 0.0372. The van der Waals surface area contributed by atoms with Gasteiger partial charge < -0.3 is 4.74 Å². The Morgan fingerprint density at radius 2 is 1.88 bits per heavy atom. The van der Waals surface area contributed by atoms with Crippen LogP contribution < -0.4 is 10.2 Å². The Kier molecular flexibility index (Phi) is 4.18. The number of nitrogens with one attached hydrogen (secondary N) is 1. The van der Waals surface area contributed by atoms with Gasteiger partial charge >= 0.3 is 0 Å². The topological polar surface area (TPSA) is 95.9 Å². The predicted octanol–water partition coefficient (Wildman–Crippen LogP) is 1.92. The van der Waals surface area contributed by atoms with Gasteiger partial charge in [0.05, 0.1) is 4.90 Å². The molecule has 2 heterocycles. The van der Waals surface area contributed by atoms with E-state index in [0.717, 1.165) is 0 Å². The minimum atomic E-state index is -3.67. The Labute approximate surface area is 151 Å². The summed E-state index contributed by atoms with van der Waals surface area (Å²) in [7, 11) is -3.67. The molecule has 2 N–H and O–H groups in total. The van der Waals surface area contributed by atoms with E-state index < -0.39 is 15.9 Å². The van der Waals surface area contributed by atoms with Gasteiger partial charge in [-0.05, 0) is 30.3 Å². The van der Waals surface area contributed by atoms with Crippen molar-refractivity contribution in [1.82, 2.24) is 9.79 Å². The van der Waals surface area contributed by atoms with E-state index in [9.17, 15) is 13.2 Å².